The number of aliphatic hydroxyl groups is 1. The Hall–Kier alpha value is -2.06. The average molecular weight is 398 g/mol. The van der Waals surface area contributed by atoms with Crippen LogP contribution in [0, 0.1) is 0 Å². The summed E-state index contributed by atoms with van der Waals surface area (Å²) in [5.74, 6) is 0. The van der Waals surface area contributed by atoms with E-state index < -0.39 is 37.0 Å². The SMILES string of the molecule is C=CCO[C@@H]1O[C@@H]2CO[C@@H](c3ccccc3)O[C@H]2[C@H](O)[C@H]1OCc1ccccc1. The summed E-state index contributed by atoms with van der Waals surface area (Å²) in [6, 6.07) is 19.4. The minimum absolute atomic E-state index is 0.286. The van der Waals surface area contributed by atoms with E-state index in [4.69, 9.17) is 23.7 Å². The standard InChI is InChI=1S/C23H26O6/c1-2-13-25-23-21(26-14-16-9-5-3-6-10-16)19(24)20-18(28-23)15-27-22(29-20)17-11-7-4-8-12-17/h2-12,18-24H,1,13-15H2/t18-,19+,20-,21-,22-,23-/m1/s1. The van der Waals surface area contributed by atoms with Crippen LogP contribution in [-0.4, -0.2) is 49.0 Å². The van der Waals surface area contributed by atoms with Crippen LogP contribution in [0.4, 0.5) is 0 Å². The topological polar surface area (TPSA) is 66.4 Å². The Balaban J connectivity index is 1.48. The lowest BCUT2D eigenvalue weighted by Crippen LogP contribution is -2.62. The number of aliphatic hydroxyl groups excluding tert-OH is 1. The lowest BCUT2D eigenvalue weighted by molar-refractivity contribution is -0.365. The number of fused-ring (bicyclic) bond motifs is 1. The fraction of sp³-hybridized carbons (Fsp3) is 0.391. The molecule has 2 aromatic carbocycles. The molecule has 0 saturated carbocycles. The summed E-state index contributed by atoms with van der Waals surface area (Å²) < 4.78 is 29.7. The minimum Gasteiger partial charge on any atom is -0.387 e. The van der Waals surface area contributed by atoms with Crippen LogP contribution < -0.4 is 0 Å². The molecule has 0 bridgehead atoms. The van der Waals surface area contributed by atoms with Crippen molar-refractivity contribution in [2.45, 2.75) is 43.6 Å². The molecule has 29 heavy (non-hydrogen) atoms. The van der Waals surface area contributed by atoms with Crippen molar-refractivity contribution in [1.29, 1.82) is 0 Å². The van der Waals surface area contributed by atoms with E-state index in [9.17, 15) is 5.11 Å². The number of rotatable bonds is 7. The first-order valence-corrected chi connectivity index (χ1v) is 9.80. The van der Waals surface area contributed by atoms with Crippen LogP contribution in [0.3, 0.4) is 0 Å². The van der Waals surface area contributed by atoms with Crippen molar-refractivity contribution >= 4 is 0 Å². The molecule has 2 saturated heterocycles. The molecule has 4 rings (SSSR count). The maximum Gasteiger partial charge on any atom is 0.187 e. The largest absolute Gasteiger partial charge is 0.387 e. The highest BCUT2D eigenvalue weighted by Gasteiger charge is 2.50. The molecule has 6 atom stereocenters. The molecular formula is C23H26O6. The van der Waals surface area contributed by atoms with Gasteiger partial charge in [-0.3, -0.25) is 0 Å². The van der Waals surface area contributed by atoms with Crippen molar-refractivity contribution in [3.05, 3.63) is 84.4 Å². The van der Waals surface area contributed by atoms with Crippen LogP contribution in [0.25, 0.3) is 0 Å². The van der Waals surface area contributed by atoms with Crippen LogP contribution in [0.5, 0.6) is 0 Å². The van der Waals surface area contributed by atoms with Gasteiger partial charge in [-0.25, -0.2) is 0 Å². The molecule has 1 N–H and O–H groups in total. The first-order valence-electron chi connectivity index (χ1n) is 9.80. The Morgan fingerprint density at radius 2 is 1.72 bits per heavy atom. The second-order valence-electron chi connectivity index (χ2n) is 7.09. The Morgan fingerprint density at radius 1 is 1.00 bits per heavy atom. The first-order chi connectivity index (χ1) is 14.3. The maximum atomic E-state index is 11.1. The zero-order valence-electron chi connectivity index (χ0n) is 16.1. The number of hydrogen-bond donors (Lipinski definition) is 1. The molecule has 6 nitrogen and oxygen atoms in total. The van der Waals surface area contributed by atoms with Gasteiger partial charge in [-0.1, -0.05) is 66.7 Å². The van der Waals surface area contributed by atoms with Gasteiger partial charge in [0.25, 0.3) is 0 Å². The fourth-order valence-corrected chi connectivity index (χ4v) is 3.59. The molecule has 0 radical (unpaired) electrons. The Kier molecular flexibility index (Phi) is 6.71. The van der Waals surface area contributed by atoms with Gasteiger partial charge in [0.15, 0.2) is 12.6 Å². The van der Waals surface area contributed by atoms with Crippen LogP contribution in [0.15, 0.2) is 73.3 Å². The summed E-state index contributed by atoms with van der Waals surface area (Å²) in [5, 5.41) is 11.1. The van der Waals surface area contributed by atoms with Crippen LogP contribution in [0.1, 0.15) is 17.4 Å². The minimum atomic E-state index is -0.928. The zero-order chi connectivity index (χ0) is 20.1. The van der Waals surface area contributed by atoms with E-state index in [1.54, 1.807) is 6.08 Å². The highest BCUT2D eigenvalue weighted by atomic mass is 16.8. The van der Waals surface area contributed by atoms with Gasteiger partial charge >= 0.3 is 0 Å². The molecule has 0 aliphatic carbocycles. The van der Waals surface area contributed by atoms with Gasteiger partial charge in [-0.2, -0.15) is 0 Å². The molecule has 2 heterocycles. The van der Waals surface area contributed by atoms with Gasteiger partial charge in [0.05, 0.1) is 19.8 Å². The van der Waals surface area contributed by atoms with Gasteiger partial charge in [-0.05, 0) is 5.56 Å². The number of hydrogen-bond acceptors (Lipinski definition) is 6. The summed E-state index contributed by atoms with van der Waals surface area (Å²) in [7, 11) is 0. The van der Waals surface area contributed by atoms with E-state index in [1.807, 2.05) is 60.7 Å². The van der Waals surface area contributed by atoms with Crippen LogP contribution >= 0.6 is 0 Å². The van der Waals surface area contributed by atoms with Crippen LogP contribution in [0.2, 0.25) is 0 Å². The Morgan fingerprint density at radius 3 is 2.45 bits per heavy atom. The first kappa shape index (κ1) is 20.2. The van der Waals surface area contributed by atoms with E-state index in [-0.39, 0.29) is 6.61 Å². The Bertz CT molecular complexity index is 767. The highest BCUT2D eigenvalue weighted by molar-refractivity contribution is 5.17. The van der Waals surface area contributed by atoms with E-state index in [0.29, 0.717) is 13.2 Å². The fourth-order valence-electron chi connectivity index (χ4n) is 3.59. The number of benzene rings is 2. The van der Waals surface area contributed by atoms with Gasteiger partial charge in [-0.15, -0.1) is 6.58 Å². The zero-order valence-corrected chi connectivity index (χ0v) is 16.1. The van der Waals surface area contributed by atoms with E-state index >= 15 is 0 Å². The summed E-state index contributed by atoms with van der Waals surface area (Å²) in [5.41, 5.74) is 1.89. The third-order valence-corrected chi connectivity index (χ3v) is 5.04. The molecule has 0 unspecified atom stereocenters. The molecule has 154 valence electrons. The Labute approximate surface area is 170 Å². The molecule has 6 heteroatoms. The molecule has 0 amide bonds. The molecule has 2 fully saturated rings. The monoisotopic (exact) mass is 398 g/mol. The number of ether oxygens (including phenoxy) is 5. The van der Waals surface area contributed by atoms with Crippen molar-refractivity contribution in [1.82, 2.24) is 0 Å². The smallest absolute Gasteiger partial charge is 0.187 e. The van der Waals surface area contributed by atoms with Crippen LogP contribution in [-0.2, 0) is 30.3 Å². The van der Waals surface area contributed by atoms with Gasteiger partial charge in [0.2, 0.25) is 0 Å². The van der Waals surface area contributed by atoms with Crippen molar-refractivity contribution in [3.63, 3.8) is 0 Å². The van der Waals surface area contributed by atoms with Crippen molar-refractivity contribution in [2.24, 2.45) is 0 Å². The summed E-state index contributed by atoms with van der Waals surface area (Å²) in [4.78, 5) is 0. The van der Waals surface area contributed by atoms with E-state index in [0.717, 1.165) is 11.1 Å². The van der Waals surface area contributed by atoms with E-state index in [1.165, 1.54) is 0 Å². The third kappa shape index (κ3) is 4.75. The summed E-state index contributed by atoms with van der Waals surface area (Å²) in [6.07, 6.45) is -2.33. The van der Waals surface area contributed by atoms with E-state index in [2.05, 4.69) is 6.58 Å². The van der Waals surface area contributed by atoms with Gasteiger partial charge in [0.1, 0.15) is 24.4 Å². The highest BCUT2D eigenvalue weighted by Crippen LogP contribution is 2.35. The van der Waals surface area contributed by atoms with Crippen molar-refractivity contribution in [3.8, 4) is 0 Å². The summed E-state index contributed by atoms with van der Waals surface area (Å²) in [6.45, 7) is 4.58. The molecule has 2 aromatic rings. The van der Waals surface area contributed by atoms with Crippen molar-refractivity contribution < 1.29 is 28.8 Å². The predicted octanol–water partition coefficient (Wildman–Crippen LogP) is 2.97. The van der Waals surface area contributed by atoms with Crippen molar-refractivity contribution in [2.75, 3.05) is 13.2 Å². The molecule has 0 spiro atoms. The second-order valence-corrected chi connectivity index (χ2v) is 7.09. The second kappa shape index (κ2) is 9.63. The van der Waals surface area contributed by atoms with Gasteiger partial charge < -0.3 is 28.8 Å². The third-order valence-electron chi connectivity index (χ3n) is 5.04. The lowest BCUT2D eigenvalue weighted by Gasteiger charge is -2.47. The maximum absolute atomic E-state index is 11.1. The normalized spacial score (nSPS) is 31.8. The lowest BCUT2D eigenvalue weighted by atomic mass is 9.97. The summed E-state index contributed by atoms with van der Waals surface area (Å²) >= 11 is 0. The molecule has 2 aliphatic heterocycles. The molecule has 0 aromatic heterocycles. The predicted molar refractivity (Wildman–Crippen MR) is 106 cm³/mol. The molecular weight excluding hydrogens is 372 g/mol. The van der Waals surface area contributed by atoms with Gasteiger partial charge in [0, 0.05) is 5.56 Å². The quantitative estimate of drug-likeness (QED) is 0.724. The molecule has 2 aliphatic rings. The average Bonchev–Trinajstić information content (AvgIpc) is 2.78.